The summed E-state index contributed by atoms with van der Waals surface area (Å²) >= 11 is 0. The van der Waals surface area contributed by atoms with Crippen molar-refractivity contribution < 1.29 is 9.15 Å². The highest BCUT2D eigenvalue weighted by atomic mass is 16.5. The van der Waals surface area contributed by atoms with Gasteiger partial charge in [0.25, 0.3) is 0 Å². The Morgan fingerprint density at radius 2 is 2.46 bits per heavy atom. The maximum absolute atomic E-state index is 5.46. The second-order valence-corrected chi connectivity index (χ2v) is 2.70. The van der Waals surface area contributed by atoms with Gasteiger partial charge in [0.1, 0.15) is 5.76 Å². The zero-order valence-corrected chi connectivity index (χ0v) is 7.66. The summed E-state index contributed by atoms with van der Waals surface area (Å²) in [6, 6.07) is 1.89. The van der Waals surface area contributed by atoms with Gasteiger partial charge in [-0.25, -0.2) is 0 Å². The summed E-state index contributed by atoms with van der Waals surface area (Å²) in [5, 5.41) is 0. The minimum Gasteiger partial charge on any atom is -0.468 e. The van der Waals surface area contributed by atoms with Crippen LogP contribution in [-0.2, 0) is 17.9 Å². The lowest BCUT2D eigenvalue weighted by Crippen LogP contribution is -2.00. The Labute approximate surface area is 78.2 Å². The van der Waals surface area contributed by atoms with E-state index in [0.29, 0.717) is 19.8 Å². The van der Waals surface area contributed by atoms with Gasteiger partial charge in [-0.1, -0.05) is 6.08 Å². The fourth-order valence-electron chi connectivity index (χ4n) is 1.02. The summed E-state index contributed by atoms with van der Waals surface area (Å²) in [5.41, 5.74) is 6.49. The molecule has 1 aromatic rings. The van der Waals surface area contributed by atoms with Crippen LogP contribution in [0.1, 0.15) is 17.7 Å². The largest absolute Gasteiger partial charge is 0.468 e. The molecule has 0 amide bonds. The minimum atomic E-state index is 0.424. The summed E-state index contributed by atoms with van der Waals surface area (Å²) < 4.78 is 10.5. The van der Waals surface area contributed by atoms with Crippen LogP contribution in [0, 0.1) is 0 Å². The number of rotatable bonds is 6. The van der Waals surface area contributed by atoms with Crippen LogP contribution in [0.5, 0.6) is 0 Å². The summed E-state index contributed by atoms with van der Waals surface area (Å²) in [4.78, 5) is 0. The van der Waals surface area contributed by atoms with Crippen molar-refractivity contribution in [3.8, 4) is 0 Å². The fourth-order valence-corrected chi connectivity index (χ4v) is 1.02. The standard InChI is InChI=1S/C10H15NO2/c1-2-3-5-12-8-9-4-6-13-10(9)7-11/h2,4,6H,1,3,5,7-8,11H2. The molecular weight excluding hydrogens is 166 g/mol. The highest BCUT2D eigenvalue weighted by Crippen LogP contribution is 2.10. The van der Waals surface area contributed by atoms with Crippen LogP contribution in [0.4, 0.5) is 0 Å². The van der Waals surface area contributed by atoms with Crippen molar-refractivity contribution in [2.45, 2.75) is 19.6 Å². The molecule has 13 heavy (non-hydrogen) atoms. The monoisotopic (exact) mass is 181 g/mol. The second-order valence-electron chi connectivity index (χ2n) is 2.70. The number of furan rings is 1. The lowest BCUT2D eigenvalue weighted by Gasteiger charge is -2.01. The first kappa shape index (κ1) is 10.0. The van der Waals surface area contributed by atoms with E-state index in [-0.39, 0.29) is 0 Å². The van der Waals surface area contributed by atoms with Crippen LogP contribution < -0.4 is 5.73 Å². The molecule has 0 radical (unpaired) electrons. The van der Waals surface area contributed by atoms with Crippen LogP contribution >= 0.6 is 0 Å². The molecule has 0 spiro atoms. The normalized spacial score (nSPS) is 10.2. The number of ether oxygens (including phenoxy) is 1. The molecular formula is C10H15NO2. The van der Waals surface area contributed by atoms with Gasteiger partial charge in [0.15, 0.2) is 0 Å². The zero-order valence-electron chi connectivity index (χ0n) is 7.66. The van der Waals surface area contributed by atoms with E-state index in [1.165, 1.54) is 0 Å². The van der Waals surface area contributed by atoms with Crippen LogP contribution in [0.3, 0.4) is 0 Å². The van der Waals surface area contributed by atoms with Crippen molar-refractivity contribution in [3.63, 3.8) is 0 Å². The smallest absolute Gasteiger partial charge is 0.122 e. The lowest BCUT2D eigenvalue weighted by atomic mass is 10.2. The molecule has 1 aromatic heterocycles. The third-order valence-electron chi connectivity index (χ3n) is 1.75. The predicted molar refractivity (Wildman–Crippen MR) is 51.1 cm³/mol. The Hall–Kier alpha value is -1.06. The van der Waals surface area contributed by atoms with Crippen molar-refractivity contribution in [1.29, 1.82) is 0 Å². The van der Waals surface area contributed by atoms with Crippen molar-refractivity contribution in [2.75, 3.05) is 6.61 Å². The summed E-state index contributed by atoms with van der Waals surface area (Å²) in [7, 11) is 0. The van der Waals surface area contributed by atoms with E-state index in [1.54, 1.807) is 6.26 Å². The third-order valence-corrected chi connectivity index (χ3v) is 1.75. The Bertz CT molecular complexity index is 255. The molecule has 0 fully saturated rings. The predicted octanol–water partition coefficient (Wildman–Crippen LogP) is 1.83. The van der Waals surface area contributed by atoms with Crippen LogP contribution in [0.25, 0.3) is 0 Å². The van der Waals surface area contributed by atoms with Crippen molar-refractivity contribution in [3.05, 3.63) is 36.3 Å². The Morgan fingerprint density at radius 1 is 1.62 bits per heavy atom. The molecule has 1 rings (SSSR count). The molecule has 0 aliphatic carbocycles. The first-order valence-corrected chi connectivity index (χ1v) is 4.32. The molecule has 0 saturated carbocycles. The van der Waals surface area contributed by atoms with Crippen LogP contribution in [0.2, 0.25) is 0 Å². The van der Waals surface area contributed by atoms with Gasteiger partial charge in [-0.2, -0.15) is 0 Å². The van der Waals surface area contributed by atoms with Gasteiger partial charge in [0, 0.05) is 5.56 Å². The first-order chi connectivity index (χ1) is 6.38. The maximum Gasteiger partial charge on any atom is 0.122 e. The fraction of sp³-hybridized carbons (Fsp3) is 0.400. The van der Waals surface area contributed by atoms with Crippen molar-refractivity contribution >= 4 is 0 Å². The van der Waals surface area contributed by atoms with Crippen molar-refractivity contribution in [2.24, 2.45) is 5.73 Å². The molecule has 0 atom stereocenters. The number of nitrogens with two attached hydrogens (primary N) is 1. The van der Waals surface area contributed by atoms with Gasteiger partial charge >= 0.3 is 0 Å². The molecule has 0 unspecified atom stereocenters. The van der Waals surface area contributed by atoms with Gasteiger partial charge in [-0.15, -0.1) is 6.58 Å². The van der Waals surface area contributed by atoms with Gasteiger partial charge in [0.05, 0.1) is 26.0 Å². The topological polar surface area (TPSA) is 48.4 Å². The van der Waals surface area contributed by atoms with E-state index in [4.69, 9.17) is 14.9 Å². The molecule has 2 N–H and O–H groups in total. The van der Waals surface area contributed by atoms with E-state index in [1.807, 2.05) is 12.1 Å². The number of hydrogen-bond acceptors (Lipinski definition) is 3. The SMILES string of the molecule is C=CCCOCc1ccoc1CN. The van der Waals surface area contributed by atoms with Gasteiger partial charge < -0.3 is 14.9 Å². The number of hydrogen-bond donors (Lipinski definition) is 1. The zero-order chi connectivity index (χ0) is 9.52. The molecule has 72 valence electrons. The van der Waals surface area contributed by atoms with E-state index in [9.17, 15) is 0 Å². The summed E-state index contributed by atoms with van der Waals surface area (Å²) in [6.45, 7) is 5.29. The molecule has 1 heterocycles. The Morgan fingerprint density at radius 3 is 3.15 bits per heavy atom. The molecule has 0 aliphatic heterocycles. The average Bonchev–Trinajstić information content (AvgIpc) is 2.60. The van der Waals surface area contributed by atoms with E-state index in [0.717, 1.165) is 17.7 Å². The summed E-state index contributed by atoms with van der Waals surface area (Å²) in [5.74, 6) is 0.804. The van der Waals surface area contributed by atoms with Crippen LogP contribution in [-0.4, -0.2) is 6.61 Å². The quantitative estimate of drug-likeness (QED) is 0.538. The van der Waals surface area contributed by atoms with Gasteiger partial charge in [0.2, 0.25) is 0 Å². The van der Waals surface area contributed by atoms with Crippen LogP contribution in [0.15, 0.2) is 29.4 Å². The average molecular weight is 181 g/mol. The molecule has 0 saturated heterocycles. The highest BCUT2D eigenvalue weighted by Gasteiger charge is 2.03. The highest BCUT2D eigenvalue weighted by molar-refractivity contribution is 5.15. The molecule has 3 heteroatoms. The third kappa shape index (κ3) is 3.05. The van der Waals surface area contributed by atoms with E-state index in [2.05, 4.69) is 6.58 Å². The summed E-state index contributed by atoms with van der Waals surface area (Å²) in [6.07, 6.45) is 4.34. The maximum atomic E-state index is 5.46. The molecule has 3 nitrogen and oxygen atoms in total. The van der Waals surface area contributed by atoms with Gasteiger partial charge in [-0.3, -0.25) is 0 Å². The first-order valence-electron chi connectivity index (χ1n) is 4.32. The Balaban J connectivity index is 2.31. The minimum absolute atomic E-state index is 0.424. The van der Waals surface area contributed by atoms with E-state index >= 15 is 0 Å². The van der Waals surface area contributed by atoms with E-state index < -0.39 is 0 Å². The second kappa shape index (κ2) is 5.56. The Kier molecular flexibility index (Phi) is 4.29. The van der Waals surface area contributed by atoms with Crippen molar-refractivity contribution in [1.82, 2.24) is 0 Å². The molecule has 0 aromatic carbocycles. The molecule has 0 bridgehead atoms. The lowest BCUT2D eigenvalue weighted by molar-refractivity contribution is 0.124. The van der Waals surface area contributed by atoms with Gasteiger partial charge in [-0.05, 0) is 12.5 Å². The molecule has 0 aliphatic rings.